The SMILES string of the molecule is COc1ccc(S(=O)(=O)N(CC(C)C)C[C@H](O)[C@H](Cc2ccccc2)OC(N)=O)cc1. The molecule has 2 aromatic rings. The second-order valence-corrected chi connectivity index (χ2v) is 9.56. The number of nitrogens with zero attached hydrogens (tertiary/aromatic N) is 1. The molecule has 0 saturated carbocycles. The third kappa shape index (κ3) is 7.23. The van der Waals surface area contributed by atoms with Gasteiger partial charge in [-0.2, -0.15) is 4.31 Å². The molecule has 0 aliphatic rings. The Hall–Kier alpha value is -2.62. The topological polar surface area (TPSA) is 119 Å². The highest BCUT2D eigenvalue weighted by Gasteiger charge is 2.32. The van der Waals surface area contributed by atoms with Crippen LogP contribution < -0.4 is 10.5 Å². The number of hydrogen-bond donors (Lipinski definition) is 2. The van der Waals surface area contributed by atoms with Gasteiger partial charge in [0.15, 0.2) is 0 Å². The Kier molecular flexibility index (Phi) is 8.85. The van der Waals surface area contributed by atoms with Crippen LogP contribution in [0.1, 0.15) is 19.4 Å². The average Bonchev–Trinajstić information content (AvgIpc) is 2.73. The van der Waals surface area contributed by atoms with Crippen molar-refractivity contribution in [1.29, 1.82) is 0 Å². The molecule has 0 heterocycles. The van der Waals surface area contributed by atoms with Crippen LogP contribution in [0.25, 0.3) is 0 Å². The summed E-state index contributed by atoms with van der Waals surface area (Å²) < 4.78 is 37.9. The van der Waals surface area contributed by atoms with Crippen molar-refractivity contribution in [2.45, 2.75) is 37.4 Å². The van der Waals surface area contributed by atoms with E-state index in [1.165, 1.54) is 23.5 Å². The first kappa shape index (κ1) is 24.6. The first-order valence-corrected chi connectivity index (χ1v) is 11.4. The summed E-state index contributed by atoms with van der Waals surface area (Å²) in [5.41, 5.74) is 6.01. The predicted octanol–water partition coefficient (Wildman–Crippen LogP) is 2.41. The van der Waals surface area contributed by atoms with E-state index in [0.29, 0.717) is 5.75 Å². The van der Waals surface area contributed by atoms with E-state index in [9.17, 15) is 18.3 Å². The van der Waals surface area contributed by atoms with E-state index in [-0.39, 0.29) is 30.3 Å². The molecule has 0 fully saturated rings. The average molecular weight is 451 g/mol. The van der Waals surface area contributed by atoms with Gasteiger partial charge >= 0.3 is 6.09 Å². The number of methoxy groups -OCH3 is 1. The molecular weight excluding hydrogens is 420 g/mol. The number of ether oxygens (including phenoxy) is 2. The number of rotatable bonds is 11. The van der Waals surface area contributed by atoms with Gasteiger partial charge in [-0.3, -0.25) is 0 Å². The molecule has 0 unspecified atom stereocenters. The molecule has 0 aliphatic heterocycles. The molecule has 3 N–H and O–H groups in total. The number of aliphatic hydroxyl groups is 1. The molecule has 0 aromatic heterocycles. The quantitative estimate of drug-likeness (QED) is 0.543. The number of carbonyl (C=O) groups excluding carboxylic acids is 1. The van der Waals surface area contributed by atoms with Crippen LogP contribution in [0.15, 0.2) is 59.5 Å². The number of carbonyl (C=O) groups is 1. The van der Waals surface area contributed by atoms with Crippen LogP contribution in [-0.2, 0) is 21.2 Å². The highest BCUT2D eigenvalue weighted by atomic mass is 32.2. The second kappa shape index (κ2) is 11.1. The molecule has 0 aliphatic carbocycles. The lowest BCUT2D eigenvalue weighted by molar-refractivity contribution is -0.00189. The molecule has 8 nitrogen and oxygen atoms in total. The van der Waals surface area contributed by atoms with Gasteiger partial charge in [-0.25, -0.2) is 13.2 Å². The number of aliphatic hydroxyl groups excluding tert-OH is 1. The van der Waals surface area contributed by atoms with Gasteiger partial charge in [-0.1, -0.05) is 44.2 Å². The number of primary amides is 1. The Morgan fingerprint density at radius 3 is 2.19 bits per heavy atom. The van der Waals surface area contributed by atoms with E-state index < -0.39 is 28.3 Å². The number of amides is 1. The van der Waals surface area contributed by atoms with Gasteiger partial charge in [0.05, 0.1) is 12.0 Å². The van der Waals surface area contributed by atoms with E-state index in [2.05, 4.69) is 0 Å². The monoisotopic (exact) mass is 450 g/mol. The van der Waals surface area contributed by atoms with Crippen LogP contribution in [0.2, 0.25) is 0 Å². The van der Waals surface area contributed by atoms with E-state index in [4.69, 9.17) is 15.2 Å². The van der Waals surface area contributed by atoms with E-state index in [1.807, 2.05) is 44.2 Å². The number of nitrogens with two attached hydrogens (primary N) is 1. The van der Waals surface area contributed by atoms with E-state index >= 15 is 0 Å². The summed E-state index contributed by atoms with van der Waals surface area (Å²) >= 11 is 0. The first-order valence-electron chi connectivity index (χ1n) is 9.95. The smallest absolute Gasteiger partial charge is 0.404 e. The lowest BCUT2D eigenvalue weighted by Crippen LogP contribution is -2.46. The van der Waals surface area contributed by atoms with Crippen molar-refractivity contribution in [2.75, 3.05) is 20.2 Å². The Balaban J connectivity index is 2.27. The minimum absolute atomic E-state index is 0.00450. The van der Waals surface area contributed by atoms with Gasteiger partial charge in [0, 0.05) is 19.5 Å². The van der Waals surface area contributed by atoms with Crippen LogP contribution in [-0.4, -0.2) is 56.3 Å². The molecule has 170 valence electrons. The molecule has 2 aromatic carbocycles. The van der Waals surface area contributed by atoms with Gasteiger partial charge in [0.2, 0.25) is 10.0 Å². The highest BCUT2D eigenvalue weighted by Crippen LogP contribution is 2.22. The Labute approximate surface area is 183 Å². The van der Waals surface area contributed by atoms with Crippen LogP contribution >= 0.6 is 0 Å². The van der Waals surface area contributed by atoms with Gasteiger partial charge in [-0.15, -0.1) is 0 Å². The molecule has 2 rings (SSSR count). The minimum atomic E-state index is -3.90. The van der Waals surface area contributed by atoms with Crippen molar-refractivity contribution >= 4 is 16.1 Å². The summed E-state index contributed by atoms with van der Waals surface area (Å²) in [6.45, 7) is 3.69. The maximum Gasteiger partial charge on any atom is 0.404 e. The van der Waals surface area contributed by atoms with Crippen LogP contribution in [0.5, 0.6) is 5.75 Å². The Morgan fingerprint density at radius 2 is 1.68 bits per heavy atom. The molecule has 1 amide bonds. The molecule has 0 radical (unpaired) electrons. The summed E-state index contributed by atoms with van der Waals surface area (Å²) in [6, 6.07) is 15.2. The standard InChI is InChI=1S/C22H30N2O6S/c1-16(2)14-24(31(27,28)19-11-9-18(29-3)10-12-19)15-20(25)21(30-22(23)26)13-17-7-5-4-6-8-17/h4-12,16,20-21,25H,13-15H2,1-3H3,(H2,23,26)/t20-,21-/m0/s1. The molecule has 31 heavy (non-hydrogen) atoms. The third-order valence-corrected chi connectivity index (χ3v) is 6.48. The summed E-state index contributed by atoms with van der Waals surface area (Å²) in [6.07, 6.45) is -3.11. The minimum Gasteiger partial charge on any atom is -0.497 e. The van der Waals surface area contributed by atoms with Crippen LogP contribution in [0.4, 0.5) is 4.79 Å². The van der Waals surface area contributed by atoms with E-state index in [1.54, 1.807) is 12.1 Å². The van der Waals surface area contributed by atoms with Crippen LogP contribution in [0, 0.1) is 5.92 Å². The molecule has 0 bridgehead atoms. The summed E-state index contributed by atoms with van der Waals surface area (Å²) in [7, 11) is -2.41. The van der Waals surface area contributed by atoms with Crippen molar-refractivity contribution in [3.63, 3.8) is 0 Å². The normalized spacial score (nSPS) is 13.7. The molecule has 9 heteroatoms. The van der Waals surface area contributed by atoms with Crippen LogP contribution in [0.3, 0.4) is 0 Å². The van der Waals surface area contributed by atoms with Crippen molar-refractivity contribution in [3.05, 3.63) is 60.2 Å². The van der Waals surface area contributed by atoms with Crippen molar-refractivity contribution < 1.29 is 27.8 Å². The molecule has 0 spiro atoms. The number of sulfonamides is 1. The Morgan fingerprint density at radius 1 is 1.06 bits per heavy atom. The Bertz CT molecular complexity index is 932. The molecule has 2 atom stereocenters. The zero-order chi connectivity index (χ0) is 23.0. The first-order chi connectivity index (χ1) is 14.6. The van der Waals surface area contributed by atoms with Crippen molar-refractivity contribution in [1.82, 2.24) is 4.31 Å². The fourth-order valence-electron chi connectivity index (χ4n) is 3.15. The van der Waals surface area contributed by atoms with Gasteiger partial charge in [-0.05, 0) is 35.7 Å². The highest BCUT2D eigenvalue weighted by molar-refractivity contribution is 7.89. The third-order valence-electron chi connectivity index (χ3n) is 4.63. The fourth-order valence-corrected chi connectivity index (χ4v) is 4.77. The zero-order valence-corrected chi connectivity index (χ0v) is 18.8. The lowest BCUT2D eigenvalue weighted by Gasteiger charge is -2.29. The largest absolute Gasteiger partial charge is 0.497 e. The van der Waals surface area contributed by atoms with Gasteiger partial charge in [0.25, 0.3) is 0 Å². The van der Waals surface area contributed by atoms with Gasteiger partial charge < -0.3 is 20.3 Å². The number of hydrogen-bond acceptors (Lipinski definition) is 6. The van der Waals surface area contributed by atoms with Crippen molar-refractivity contribution in [3.8, 4) is 5.75 Å². The van der Waals surface area contributed by atoms with Crippen molar-refractivity contribution in [2.24, 2.45) is 11.7 Å². The maximum absolute atomic E-state index is 13.2. The summed E-state index contributed by atoms with van der Waals surface area (Å²) in [4.78, 5) is 11.5. The fraction of sp³-hybridized carbons (Fsp3) is 0.409. The predicted molar refractivity (Wildman–Crippen MR) is 117 cm³/mol. The summed E-state index contributed by atoms with van der Waals surface area (Å²) in [5, 5.41) is 10.8. The summed E-state index contributed by atoms with van der Waals surface area (Å²) in [5.74, 6) is 0.539. The maximum atomic E-state index is 13.2. The van der Waals surface area contributed by atoms with Gasteiger partial charge in [0.1, 0.15) is 18.0 Å². The second-order valence-electron chi connectivity index (χ2n) is 7.62. The lowest BCUT2D eigenvalue weighted by atomic mass is 10.0. The van der Waals surface area contributed by atoms with E-state index in [0.717, 1.165) is 5.56 Å². The molecular formula is C22H30N2O6S. The molecule has 0 saturated heterocycles. The number of benzene rings is 2. The zero-order valence-electron chi connectivity index (χ0n) is 18.0.